The molecule has 2 aliphatic rings. The summed E-state index contributed by atoms with van der Waals surface area (Å²) in [6, 6.07) is 17.4. The molecule has 0 radical (unpaired) electrons. The molecule has 1 N–H and O–H groups in total. The standard InChI is InChI=1S/C41H53Cl2N5O3/c1-9-32(10-2)45-36(49)24-27-20-22-47(23-21-27)38(50)48-37(33-26-44-35(39(4,5)6)25-34(33)51-11-3)46-40(7,28-12-16-30(42)17-13-28)41(48,8)29-14-18-31(43)19-15-29/h12-19,25-27,32H,9-11,20-24H2,1-8H3,(H,45,49)/t40-,41+/m0/s1. The number of nitrogens with zero attached hydrogens (tertiary/aromatic N) is 4. The van der Waals surface area contributed by atoms with Gasteiger partial charge in [0.1, 0.15) is 22.7 Å². The first-order chi connectivity index (χ1) is 24.2. The van der Waals surface area contributed by atoms with Gasteiger partial charge < -0.3 is 15.0 Å². The molecule has 8 nitrogen and oxygen atoms in total. The Bertz CT molecular complexity index is 1730. The molecule has 0 bridgehead atoms. The lowest BCUT2D eigenvalue weighted by molar-refractivity contribution is -0.123. The fourth-order valence-corrected chi connectivity index (χ4v) is 7.62. The van der Waals surface area contributed by atoms with E-state index in [1.165, 1.54) is 0 Å². The highest BCUT2D eigenvalue weighted by Crippen LogP contribution is 2.54. The number of benzene rings is 2. The van der Waals surface area contributed by atoms with Gasteiger partial charge in [-0.25, -0.2) is 4.79 Å². The van der Waals surface area contributed by atoms with Crippen LogP contribution in [0.15, 0.2) is 65.8 Å². The topological polar surface area (TPSA) is 87.1 Å². The van der Waals surface area contributed by atoms with E-state index in [4.69, 9.17) is 37.9 Å². The number of piperidine rings is 1. The quantitative estimate of drug-likeness (QED) is 0.225. The van der Waals surface area contributed by atoms with Crippen LogP contribution in [0.2, 0.25) is 10.0 Å². The Morgan fingerprint density at radius 2 is 1.51 bits per heavy atom. The molecule has 10 heteroatoms. The summed E-state index contributed by atoms with van der Waals surface area (Å²) in [7, 11) is 0. The van der Waals surface area contributed by atoms with E-state index >= 15 is 4.79 Å². The zero-order chi connectivity index (χ0) is 37.1. The highest BCUT2D eigenvalue weighted by molar-refractivity contribution is 6.30. The smallest absolute Gasteiger partial charge is 0.326 e. The molecule has 1 aromatic heterocycles. The number of aromatic nitrogens is 1. The number of hydrogen-bond donors (Lipinski definition) is 1. The number of amides is 3. The number of likely N-dealkylation sites (tertiary alicyclic amines) is 1. The molecule has 1 saturated heterocycles. The van der Waals surface area contributed by atoms with Crippen LogP contribution < -0.4 is 10.1 Å². The van der Waals surface area contributed by atoms with E-state index in [9.17, 15) is 4.79 Å². The summed E-state index contributed by atoms with van der Waals surface area (Å²) in [6.07, 6.45) is 5.56. The van der Waals surface area contributed by atoms with Gasteiger partial charge in [0.2, 0.25) is 5.91 Å². The van der Waals surface area contributed by atoms with Gasteiger partial charge in [0, 0.05) is 59.0 Å². The van der Waals surface area contributed by atoms with Crippen LogP contribution in [0, 0.1) is 5.92 Å². The van der Waals surface area contributed by atoms with E-state index in [2.05, 4.69) is 53.8 Å². The third kappa shape index (κ3) is 7.78. The summed E-state index contributed by atoms with van der Waals surface area (Å²) in [4.78, 5) is 42.3. The summed E-state index contributed by atoms with van der Waals surface area (Å²) in [5.41, 5.74) is 1.09. The lowest BCUT2D eigenvalue weighted by atomic mass is 9.71. The number of pyridine rings is 1. The van der Waals surface area contributed by atoms with Crippen LogP contribution >= 0.6 is 23.2 Å². The number of rotatable bonds is 10. The molecular formula is C41H53Cl2N5O3. The lowest BCUT2D eigenvalue weighted by Gasteiger charge is -2.47. The van der Waals surface area contributed by atoms with Crippen molar-refractivity contribution in [2.75, 3.05) is 19.7 Å². The van der Waals surface area contributed by atoms with Crippen molar-refractivity contribution in [1.82, 2.24) is 20.1 Å². The number of carbonyl (C=O) groups is 2. The highest BCUT2D eigenvalue weighted by Gasteiger charge is 2.60. The summed E-state index contributed by atoms with van der Waals surface area (Å²) in [5, 5.41) is 4.39. The number of nitrogens with one attached hydrogen (secondary N) is 1. The number of amidine groups is 1. The van der Waals surface area contributed by atoms with Crippen molar-refractivity contribution in [3.63, 3.8) is 0 Å². The molecule has 5 rings (SSSR count). The average molecular weight is 735 g/mol. The van der Waals surface area contributed by atoms with E-state index in [1.54, 1.807) is 6.20 Å². The number of carbonyl (C=O) groups excluding carboxylic acids is 2. The molecule has 2 aromatic carbocycles. The number of ether oxygens (including phenoxy) is 1. The van der Waals surface area contributed by atoms with Gasteiger partial charge in [-0.3, -0.25) is 19.7 Å². The maximum Gasteiger partial charge on any atom is 0.326 e. The Morgan fingerprint density at radius 3 is 2.04 bits per heavy atom. The zero-order valence-electron chi connectivity index (χ0n) is 31.4. The Hall–Kier alpha value is -3.62. The predicted octanol–water partition coefficient (Wildman–Crippen LogP) is 9.50. The second-order valence-electron chi connectivity index (χ2n) is 15.2. The van der Waals surface area contributed by atoms with E-state index in [0.29, 0.717) is 53.3 Å². The molecule has 0 saturated carbocycles. The second kappa shape index (κ2) is 15.5. The molecule has 3 amide bonds. The van der Waals surface area contributed by atoms with Crippen LogP contribution in [-0.4, -0.2) is 58.3 Å². The van der Waals surface area contributed by atoms with Crippen molar-refractivity contribution >= 4 is 41.0 Å². The normalized spacial score (nSPS) is 21.2. The summed E-state index contributed by atoms with van der Waals surface area (Å²) < 4.78 is 6.29. The van der Waals surface area contributed by atoms with Crippen molar-refractivity contribution in [3.8, 4) is 5.75 Å². The third-order valence-electron chi connectivity index (χ3n) is 10.8. The number of aliphatic imine (C=N–C) groups is 1. The van der Waals surface area contributed by atoms with Crippen molar-refractivity contribution in [3.05, 3.63) is 93.2 Å². The van der Waals surface area contributed by atoms with Gasteiger partial charge in [0.25, 0.3) is 0 Å². The summed E-state index contributed by atoms with van der Waals surface area (Å²) in [5.74, 6) is 1.40. The number of urea groups is 1. The maximum absolute atomic E-state index is 15.2. The highest BCUT2D eigenvalue weighted by atomic mass is 35.5. The van der Waals surface area contributed by atoms with Crippen LogP contribution in [0.3, 0.4) is 0 Å². The molecule has 2 aliphatic heterocycles. The van der Waals surface area contributed by atoms with E-state index in [-0.39, 0.29) is 29.3 Å². The molecule has 3 heterocycles. The van der Waals surface area contributed by atoms with Gasteiger partial charge in [-0.15, -0.1) is 0 Å². The number of hydrogen-bond acceptors (Lipinski definition) is 5. The SMILES string of the molecule is CCOc1cc(C(C)(C)C)ncc1C1=N[C@@](C)(c2ccc(Cl)cc2)[C@@](C)(c2ccc(Cl)cc2)N1C(=O)N1CCC(CC(=O)NC(CC)CC)CC1. The van der Waals surface area contributed by atoms with Crippen LogP contribution in [0.1, 0.15) is 110 Å². The molecule has 0 unspecified atom stereocenters. The van der Waals surface area contributed by atoms with Crippen LogP contribution in [0.25, 0.3) is 0 Å². The van der Waals surface area contributed by atoms with Crippen molar-refractivity contribution in [1.29, 1.82) is 0 Å². The van der Waals surface area contributed by atoms with Gasteiger partial charge in [0.05, 0.1) is 12.2 Å². The van der Waals surface area contributed by atoms with Crippen molar-refractivity contribution in [2.24, 2.45) is 10.9 Å². The Kier molecular flexibility index (Phi) is 11.8. The van der Waals surface area contributed by atoms with Crippen LogP contribution in [0.5, 0.6) is 5.75 Å². The molecule has 274 valence electrons. The largest absolute Gasteiger partial charge is 0.493 e. The van der Waals surface area contributed by atoms with Gasteiger partial charge in [0.15, 0.2) is 0 Å². The first kappa shape index (κ1) is 38.6. The van der Waals surface area contributed by atoms with E-state index in [1.807, 2.05) is 71.3 Å². The first-order valence-electron chi connectivity index (χ1n) is 18.3. The Labute approximate surface area is 314 Å². The zero-order valence-corrected chi connectivity index (χ0v) is 32.9. The average Bonchev–Trinajstić information content (AvgIpc) is 3.35. The minimum absolute atomic E-state index is 0.0890. The molecular weight excluding hydrogens is 681 g/mol. The van der Waals surface area contributed by atoms with Gasteiger partial charge in [-0.05, 0) is 87.8 Å². The first-order valence-corrected chi connectivity index (χ1v) is 19.1. The molecule has 0 spiro atoms. The molecule has 2 atom stereocenters. The minimum atomic E-state index is -1.02. The lowest BCUT2D eigenvalue weighted by Crippen LogP contribution is -2.59. The van der Waals surface area contributed by atoms with Gasteiger partial charge >= 0.3 is 6.03 Å². The van der Waals surface area contributed by atoms with Crippen molar-refractivity contribution in [2.45, 2.75) is 110 Å². The monoisotopic (exact) mass is 733 g/mol. The van der Waals surface area contributed by atoms with Gasteiger partial charge in [-0.2, -0.15) is 0 Å². The number of halogens is 2. The molecule has 0 aliphatic carbocycles. The minimum Gasteiger partial charge on any atom is -0.493 e. The molecule has 51 heavy (non-hydrogen) atoms. The summed E-state index contributed by atoms with van der Waals surface area (Å²) in [6.45, 7) is 18.1. The maximum atomic E-state index is 15.2. The Balaban J connectivity index is 1.61. The van der Waals surface area contributed by atoms with E-state index in [0.717, 1.165) is 42.5 Å². The van der Waals surface area contributed by atoms with Crippen molar-refractivity contribution < 1.29 is 14.3 Å². The van der Waals surface area contributed by atoms with E-state index < -0.39 is 11.1 Å². The summed E-state index contributed by atoms with van der Waals surface area (Å²) >= 11 is 12.8. The molecule has 3 aromatic rings. The van der Waals surface area contributed by atoms with Gasteiger partial charge in [-0.1, -0.05) is 82.1 Å². The Morgan fingerprint density at radius 1 is 0.941 bits per heavy atom. The van der Waals surface area contributed by atoms with Crippen LogP contribution in [0.4, 0.5) is 4.79 Å². The molecule has 1 fully saturated rings. The second-order valence-corrected chi connectivity index (χ2v) is 16.0. The third-order valence-corrected chi connectivity index (χ3v) is 11.3. The fourth-order valence-electron chi connectivity index (χ4n) is 7.37. The van der Waals surface area contributed by atoms with Crippen LogP contribution in [-0.2, 0) is 21.3 Å². The predicted molar refractivity (Wildman–Crippen MR) is 207 cm³/mol. The fraction of sp³-hybridized carbons (Fsp3) is 0.512.